The van der Waals surface area contributed by atoms with Gasteiger partial charge < -0.3 is 14.0 Å². The molecule has 0 spiro atoms. The smallest absolute Gasteiger partial charge is 0.469 e. The lowest BCUT2D eigenvalue weighted by atomic mass is 9.76. The van der Waals surface area contributed by atoms with Crippen LogP contribution in [-0.2, 0) is 18.8 Å². The molecule has 0 aromatic heterocycles. The molecule has 5 heteroatoms. The van der Waals surface area contributed by atoms with Crippen LogP contribution in [0.2, 0.25) is 0 Å². The van der Waals surface area contributed by atoms with Gasteiger partial charge in [-0.25, -0.2) is 0 Å². The van der Waals surface area contributed by atoms with E-state index in [4.69, 9.17) is 14.0 Å². The van der Waals surface area contributed by atoms with Crippen LogP contribution < -0.4 is 0 Å². The highest BCUT2D eigenvalue weighted by molar-refractivity contribution is 6.54. The molecule has 122 valence electrons. The number of hydrogen-bond donors (Lipinski definition) is 0. The van der Waals surface area contributed by atoms with Gasteiger partial charge in [-0.15, -0.1) is 0 Å². The minimum Gasteiger partial charge on any atom is -0.469 e. The van der Waals surface area contributed by atoms with Crippen LogP contribution >= 0.6 is 0 Å². The van der Waals surface area contributed by atoms with Crippen LogP contribution in [0, 0.1) is 17.8 Å². The Morgan fingerprint density at radius 1 is 1.27 bits per heavy atom. The molecule has 1 unspecified atom stereocenters. The predicted octanol–water partition coefficient (Wildman–Crippen LogP) is 3.15. The molecule has 3 aliphatic rings. The molecule has 4 nitrogen and oxygen atoms in total. The summed E-state index contributed by atoms with van der Waals surface area (Å²) in [4.78, 5) is 11.4. The lowest BCUT2D eigenvalue weighted by molar-refractivity contribution is -0.141. The SMILES string of the molecule is COC(=O)CC1C[C@H]2CC(B3OC(C)(C)C(C)(C)O3)=C[C@H]2C1. The highest BCUT2D eigenvalue weighted by atomic mass is 16.7. The highest BCUT2D eigenvalue weighted by Gasteiger charge is 2.54. The van der Waals surface area contributed by atoms with E-state index in [1.807, 2.05) is 0 Å². The van der Waals surface area contributed by atoms with Crippen molar-refractivity contribution in [2.75, 3.05) is 7.11 Å². The Morgan fingerprint density at radius 2 is 1.91 bits per heavy atom. The molecule has 0 radical (unpaired) electrons. The number of ether oxygens (including phenoxy) is 1. The van der Waals surface area contributed by atoms with Crippen LogP contribution in [0.3, 0.4) is 0 Å². The molecule has 2 fully saturated rings. The summed E-state index contributed by atoms with van der Waals surface area (Å²) in [5, 5.41) is 0. The van der Waals surface area contributed by atoms with Crippen LogP contribution in [0.4, 0.5) is 0 Å². The topological polar surface area (TPSA) is 44.8 Å². The van der Waals surface area contributed by atoms with E-state index >= 15 is 0 Å². The van der Waals surface area contributed by atoms with Gasteiger partial charge in [0, 0.05) is 6.42 Å². The van der Waals surface area contributed by atoms with Gasteiger partial charge in [-0.2, -0.15) is 0 Å². The van der Waals surface area contributed by atoms with Crippen molar-refractivity contribution in [1.82, 2.24) is 0 Å². The third-order valence-corrected chi connectivity index (χ3v) is 6.01. The lowest BCUT2D eigenvalue weighted by Crippen LogP contribution is -2.41. The fourth-order valence-electron chi connectivity index (χ4n) is 4.02. The fourth-order valence-corrected chi connectivity index (χ4v) is 4.02. The van der Waals surface area contributed by atoms with E-state index in [9.17, 15) is 4.79 Å². The van der Waals surface area contributed by atoms with E-state index in [0.717, 1.165) is 19.3 Å². The van der Waals surface area contributed by atoms with E-state index in [2.05, 4.69) is 33.8 Å². The van der Waals surface area contributed by atoms with Gasteiger partial charge in [0.15, 0.2) is 0 Å². The number of fused-ring (bicyclic) bond motifs is 1. The summed E-state index contributed by atoms with van der Waals surface area (Å²) >= 11 is 0. The Balaban J connectivity index is 1.62. The van der Waals surface area contributed by atoms with Gasteiger partial charge in [0.25, 0.3) is 0 Å². The average molecular weight is 306 g/mol. The Hall–Kier alpha value is -0.805. The molecule has 1 saturated heterocycles. The molecule has 1 saturated carbocycles. The minimum atomic E-state index is -0.274. The summed E-state index contributed by atoms with van der Waals surface area (Å²) in [6.45, 7) is 8.37. The maximum atomic E-state index is 11.4. The van der Waals surface area contributed by atoms with Crippen LogP contribution in [0.1, 0.15) is 53.4 Å². The molecule has 0 amide bonds. The molecule has 0 aromatic carbocycles. The van der Waals surface area contributed by atoms with Gasteiger partial charge in [0.2, 0.25) is 0 Å². The number of methoxy groups -OCH3 is 1. The van der Waals surface area contributed by atoms with Crippen molar-refractivity contribution in [3.8, 4) is 0 Å². The van der Waals surface area contributed by atoms with Gasteiger partial charge >= 0.3 is 13.1 Å². The zero-order chi connectivity index (χ0) is 16.1. The molecule has 0 N–H and O–H groups in total. The third kappa shape index (κ3) is 2.74. The minimum absolute atomic E-state index is 0.0832. The van der Waals surface area contributed by atoms with Crippen molar-refractivity contribution in [1.29, 1.82) is 0 Å². The molecule has 1 aliphatic heterocycles. The van der Waals surface area contributed by atoms with Crippen molar-refractivity contribution >= 4 is 13.1 Å². The van der Waals surface area contributed by atoms with Gasteiger partial charge in [-0.3, -0.25) is 4.79 Å². The van der Waals surface area contributed by atoms with E-state index in [1.54, 1.807) is 0 Å². The van der Waals surface area contributed by atoms with E-state index in [1.165, 1.54) is 12.6 Å². The molecule has 22 heavy (non-hydrogen) atoms. The van der Waals surface area contributed by atoms with Crippen LogP contribution in [-0.4, -0.2) is 31.4 Å². The van der Waals surface area contributed by atoms with Crippen LogP contribution in [0.25, 0.3) is 0 Å². The van der Waals surface area contributed by atoms with Gasteiger partial charge in [-0.1, -0.05) is 6.08 Å². The zero-order valence-electron chi connectivity index (χ0n) is 14.3. The summed E-state index contributed by atoms with van der Waals surface area (Å²) < 4.78 is 17.1. The molecule has 1 heterocycles. The van der Waals surface area contributed by atoms with E-state index < -0.39 is 0 Å². The number of carbonyl (C=O) groups is 1. The number of allylic oxidation sites excluding steroid dienone is 2. The first-order valence-corrected chi connectivity index (χ1v) is 8.35. The Labute approximate surface area is 133 Å². The molecule has 3 rings (SSSR count). The Morgan fingerprint density at radius 3 is 2.45 bits per heavy atom. The quantitative estimate of drug-likeness (QED) is 0.593. The summed E-state index contributed by atoms with van der Waals surface area (Å²) in [5.41, 5.74) is 0.748. The van der Waals surface area contributed by atoms with Crippen molar-refractivity contribution in [3.05, 3.63) is 11.5 Å². The van der Waals surface area contributed by atoms with E-state index in [-0.39, 0.29) is 24.3 Å². The molecular weight excluding hydrogens is 279 g/mol. The van der Waals surface area contributed by atoms with E-state index in [0.29, 0.717) is 24.2 Å². The van der Waals surface area contributed by atoms with Crippen molar-refractivity contribution in [2.45, 2.75) is 64.6 Å². The first-order valence-electron chi connectivity index (χ1n) is 8.35. The number of hydrogen-bond acceptors (Lipinski definition) is 4. The van der Waals surface area contributed by atoms with Gasteiger partial charge in [0.1, 0.15) is 0 Å². The number of rotatable bonds is 3. The second-order valence-corrected chi connectivity index (χ2v) is 8.08. The molecular formula is C17H27BO4. The van der Waals surface area contributed by atoms with Crippen molar-refractivity contribution in [3.63, 3.8) is 0 Å². The second kappa shape index (κ2) is 5.38. The number of carbonyl (C=O) groups excluding carboxylic acids is 1. The van der Waals surface area contributed by atoms with Crippen molar-refractivity contribution in [2.24, 2.45) is 17.8 Å². The summed E-state index contributed by atoms with van der Waals surface area (Å²) in [5.74, 6) is 1.60. The second-order valence-electron chi connectivity index (χ2n) is 8.08. The van der Waals surface area contributed by atoms with Crippen LogP contribution in [0.15, 0.2) is 11.5 Å². The normalized spacial score (nSPS) is 35.4. The largest absolute Gasteiger partial charge is 0.490 e. The standard InChI is InChI=1S/C17H27BO4/c1-16(2)17(3,4)22-18(21-16)14-9-12-6-11(7-13(12)10-14)8-15(19)20-5/h9,11-13H,6-8,10H2,1-5H3/t11?,12-,13+/m1/s1. The molecule has 3 atom stereocenters. The van der Waals surface area contributed by atoms with Gasteiger partial charge in [-0.05, 0) is 70.2 Å². The van der Waals surface area contributed by atoms with Gasteiger partial charge in [0.05, 0.1) is 18.3 Å². The number of esters is 1. The predicted molar refractivity (Wildman–Crippen MR) is 85.1 cm³/mol. The highest BCUT2D eigenvalue weighted by Crippen LogP contribution is 2.49. The zero-order valence-corrected chi connectivity index (χ0v) is 14.3. The lowest BCUT2D eigenvalue weighted by Gasteiger charge is -2.32. The first-order chi connectivity index (χ1) is 10.2. The maximum Gasteiger partial charge on any atom is 0.490 e. The first kappa shape index (κ1) is 16.1. The van der Waals surface area contributed by atoms with Crippen molar-refractivity contribution < 1.29 is 18.8 Å². The third-order valence-electron chi connectivity index (χ3n) is 6.01. The molecule has 0 bridgehead atoms. The monoisotopic (exact) mass is 306 g/mol. The Bertz CT molecular complexity index is 481. The fraction of sp³-hybridized carbons (Fsp3) is 0.824. The summed E-state index contributed by atoms with van der Waals surface area (Å²) in [7, 11) is 1.27. The molecule has 2 aliphatic carbocycles. The average Bonchev–Trinajstić information content (AvgIpc) is 3.00. The Kier molecular flexibility index (Phi) is 3.93. The maximum absolute atomic E-state index is 11.4. The summed E-state index contributed by atoms with van der Waals surface area (Å²) in [6.07, 6.45) is 6.15. The molecule has 0 aromatic rings. The van der Waals surface area contributed by atoms with Crippen LogP contribution in [0.5, 0.6) is 0 Å². The summed E-state index contributed by atoms with van der Waals surface area (Å²) in [6, 6.07) is 0.